The van der Waals surface area contributed by atoms with Crippen LogP contribution in [-0.4, -0.2) is 35.1 Å². The maximum atomic E-state index is 13.6. The van der Waals surface area contributed by atoms with Crippen LogP contribution in [-0.2, 0) is 28.3 Å². The van der Waals surface area contributed by atoms with Gasteiger partial charge in [0.2, 0.25) is 11.8 Å². The van der Waals surface area contributed by atoms with Crippen LogP contribution >= 0.6 is 50.9 Å². The van der Waals surface area contributed by atoms with E-state index in [1.165, 1.54) is 11.8 Å². The number of carbonyl (C=O) groups is 2. The molecule has 2 amide bonds. The predicted molar refractivity (Wildman–Crippen MR) is 155 cm³/mol. The summed E-state index contributed by atoms with van der Waals surface area (Å²) in [5.41, 5.74) is 2.87. The van der Waals surface area contributed by atoms with Crippen molar-refractivity contribution in [1.82, 2.24) is 10.2 Å². The predicted octanol–water partition coefficient (Wildman–Crippen LogP) is 7.16. The third kappa shape index (κ3) is 8.84. The fourth-order valence-electron chi connectivity index (χ4n) is 3.72. The molecule has 0 heterocycles. The topological polar surface area (TPSA) is 49.4 Å². The van der Waals surface area contributed by atoms with Gasteiger partial charge in [-0.15, -0.1) is 11.8 Å². The first-order valence-corrected chi connectivity index (χ1v) is 14.4. The van der Waals surface area contributed by atoms with Crippen LogP contribution in [0.3, 0.4) is 0 Å². The van der Waals surface area contributed by atoms with E-state index in [2.05, 4.69) is 21.2 Å². The lowest BCUT2D eigenvalue weighted by Gasteiger charge is -2.31. The van der Waals surface area contributed by atoms with Crippen molar-refractivity contribution < 1.29 is 9.59 Å². The van der Waals surface area contributed by atoms with E-state index < -0.39 is 6.04 Å². The molecule has 0 aromatic heterocycles. The number of halogens is 3. The van der Waals surface area contributed by atoms with Crippen molar-refractivity contribution in [3.8, 4) is 0 Å². The molecule has 0 bridgehead atoms. The first-order chi connectivity index (χ1) is 17.4. The number of amides is 2. The van der Waals surface area contributed by atoms with E-state index in [-0.39, 0.29) is 17.6 Å². The van der Waals surface area contributed by atoms with Crippen molar-refractivity contribution in [2.45, 2.75) is 38.1 Å². The summed E-state index contributed by atoms with van der Waals surface area (Å²) in [5, 5.41) is 4.15. The molecule has 0 saturated carbocycles. The SMILES string of the molecule is CCCNC(=O)C(Cc1ccccc1)N(Cc1cccc(Br)c1)C(=O)CSCc1ccc(Cl)cc1Cl. The molecular formula is C28H29BrCl2N2O2S. The van der Waals surface area contributed by atoms with Crippen LogP contribution in [0.1, 0.15) is 30.0 Å². The van der Waals surface area contributed by atoms with Crippen LogP contribution < -0.4 is 5.32 Å². The van der Waals surface area contributed by atoms with Gasteiger partial charge in [0.1, 0.15) is 6.04 Å². The molecule has 0 fully saturated rings. The Labute approximate surface area is 235 Å². The van der Waals surface area contributed by atoms with Crippen molar-refractivity contribution >= 4 is 62.7 Å². The third-order valence-electron chi connectivity index (χ3n) is 5.56. The average Bonchev–Trinajstić information content (AvgIpc) is 2.86. The van der Waals surface area contributed by atoms with Crippen LogP contribution in [0.5, 0.6) is 0 Å². The molecule has 8 heteroatoms. The van der Waals surface area contributed by atoms with Gasteiger partial charge in [-0.3, -0.25) is 9.59 Å². The Balaban J connectivity index is 1.84. The molecule has 1 atom stereocenters. The second-order valence-corrected chi connectivity index (χ2v) is 11.1. The summed E-state index contributed by atoms with van der Waals surface area (Å²) >= 11 is 17.3. The molecular weight excluding hydrogens is 579 g/mol. The minimum Gasteiger partial charge on any atom is -0.354 e. The first-order valence-electron chi connectivity index (χ1n) is 11.7. The van der Waals surface area contributed by atoms with Crippen LogP contribution in [0.4, 0.5) is 0 Å². The van der Waals surface area contributed by atoms with Gasteiger partial charge in [-0.25, -0.2) is 0 Å². The molecule has 4 nitrogen and oxygen atoms in total. The van der Waals surface area contributed by atoms with Gasteiger partial charge in [-0.05, 0) is 47.4 Å². The Bertz CT molecular complexity index is 1160. The number of benzene rings is 3. The highest BCUT2D eigenvalue weighted by Gasteiger charge is 2.30. The van der Waals surface area contributed by atoms with E-state index in [0.717, 1.165) is 27.6 Å². The highest BCUT2D eigenvalue weighted by molar-refractivity contribution is 9.10. The van der Waals surface area contributed by atoms with E-state index in [0.29, 0.717) is 35.3 Å². The molecule has 3 aromatic rings. The van der Waals surface area contributed by atoms with Gasteiger partial charge in [0, 0.05) is 39.8 Å². The van der Waals surface area contributed by atoms with Gasteiger partial charge in [0.15, 0.2) is 0 Å². The molecule has 3 rings (SSSR count). The van der Waals surface area contributed by atoms with Crippen molar-refractivity contribution in [1.29, 1.82) is 0 Å². The average molecular weight is 608 g/mol. The lowest BCUT2D eigenvalue weighted by atomic mass is 10.0. The second kappa shape index (κ2) is 14.7. The summed E-state index contributed by atoms with van der Waals surface area (Å²) in [5.74, 6) is 0.546. The fraction of sp³-hybridized carbons (Fsp3) is 0.286. The Hall–Kier alpha value is -1.99. The molecule has 0 aliphatic rings. The van der Waals surface area contributed by atoms with Crippen LogP contribution in [0, 0.1) is 0 Å². The van der Waals surface area contributed by atoms with Crippen LogP contribution in [0.25, 0.3) is 0 Å². The van der Waals surface area contributed by atoms with E-state index >= 15 is 0 Å². The summed E-state index contributed by atoms with van der Waals surface area (Å²) in [7, 11) is 0. The summed E-state index contributed by atoms with van der Waals surface area (Å²) < 4.78 is 0.925. The zero-order valence-electron chi connectivity index (χ0n) is 20.1. The van der Waals surface area contributed by atoms with Gasteiger partial charge in [0.25, 0.3) is 0 Å². The van der Waals surface area contributed by atoms with E-state index in [9.17, 15) is 9.59 Å². The van der Waals surface area contributed by atoms with Gasteiger partial charge < -0.3 is 10.2 Å². The first kappa shape index (κ1) is 28.6. The standard InChI is InChI=1S/C28H29BrCl2N2O2S/c1-2-13-32-28(35)26(15-20-7-4-3-5-8-20)33(17-21-9-6-10-23(29)14-21)27(34)19-36-18-22-11-12-24(30)16-25(22)31/h3-12,14,16,26H,2,13,15,17-19H2,1H3,(H,32,35). The summed E-state index contributed by atoms with van der Waals surface area (Å²) in [6, 6.07) is 22.4. The smallest absolute Gasteiger partial charge is 0.243 e. The maximum absolute atomic E-state index is 13.6. The Morgan fingerprint density at radius 3 is 2.44 bits per heavy atom. The van der Waals surface area contributed by atoms with Crippen molar-refractivity contribution in [2.24, 2.45) is 0 Å². The largest absolute Gasteiger partial charge is 0.354 e. The number of thioether (sulfide) groups is 1. The molecule has 1 N–H and O–H groups in total. The molecule has 36 heavy (non-hydrogen) atoms. The molecule has 0 spiro atoms. The van der Waals surface area contributed by atoms with Gasteiger partial charge in [-0.2, -0.15) is 0 Å². The lowest BCUT2D eigenvalue weighted by molar-refractivity contribution is -0.139. The van der Waals surface area contributed by atoms with Gasteiger partial charge >= 0.3 is 0 Å². The summed E-state index contributed by atoms with van der Waals surface area (Å²) in [6.45, 7) is 2.90. The molecule has 1 unspecified atom stereocenters. The van der Waals surface area contributed by atoms with Crippen molar-refractivity contribution in [2.75, 3.05) is 12.3 Å². The molecule has 0 aliphatic carbocycles. The van der Waals surface area contributed by atoms with Crippen LogP contribution in [0.2, 0.25) is 10.0 Å². The zero-order chi connectivity index (χ0) is 25.9. The monoisotopic (exact) mass is 606 g/mol. The number of hydrogen-bond acceptors (Lipinski definition) is 3. The molecule has 190 valence electrons. The molecule has 0 aliphatic heterocycles. The Kier molecular flexibility index (Phi) is 11.6. The summed E-state index contributed by atoms with van der Waals surface area (Å²) in [6.07, 6.45) is 1.25. The van der Waals surface area contributed by atoms with Crippen LogP contribution in [0.15, 0.2) is 77.3 Å². The number of rotatable bonds is 12. The molecule has 3 aromatic carbocycles. The zero-order valence-corrected chi connectivity index (χ0v) is 24.0. The Morgan fingerprint density at radius 1 is 1.00 bits per heavy atom. The number of nitrogens with one attached hydrogen (secondary N) is 1. The maximum Gasteiger partial charge on any atom is 0.243 e. The molecule has 0 radical (unpaired) electrons. The number of nitrogens with zero attached hydrogens (tertiary/aromatic N) is 1. The molecule has 0 saturated heterocycles. The van der Waals surface area contributed by atoms with Gasteiger partial charge in [0.05, 0.1) is 5.75 Å². The van der Waals surface area contributed by atoms with E-state index in [1.807, 2.05) is 67.6 Å². The van der Waals surface area contributed by atoms with Crippen molar-refractivity contribution in [3.05, 3.63) is 104 Å². The highest BCUT2D eigenvalue weighted by atomic mass is 79.9. The minimum absolute atomic E-state index is 0.0994. The Morgan fingerprint density at radius 2 is 1.75 bits per heavy atom. The fourth-order valence-corrected chi connectivity index (χ4v) is 5.64. The number of carbonyl (C=O) groups excluding carboxylic acids is 2. The normalized spacial score (nSPS) is 11.7. The lowest BCUT2D eigenvalue weighted by Crippen LogP contribution is -2.51. The van der Waals surface area contributed by atoms with Crippen molar-refractivity contribution in [3.63, 3.8) is 0 Å². The number of hydrogen-bond donors (Lipinski definition) is 1. The van der Waals surface area contributed by atoms with E-state index in [4.69, 9.17) is 23.2 Å². The van der Waals surface area contributed by atoms with Gasteiger partial charge in [-0.1, -0.05) is 94.6 Å². The second-order valence-electron chi connectivity index (χ2n) is 8.38. The summed E-state index contributed by atoms with van der Waals surface area (Å²) in [4.78, 5) is 28.7. The minimum atomic E-state index is -0.634. The quantitative estimate of drug-likeness (QED) is 0.238. The third-order valence-corrected chi connectivity index (χ3v) is 7.61. The highest BCUT2D eigenvalue weighted by Crippen LogP contribution is 2.25. The van der Waals surface area contributed by atoms with E-state index in [1.54, 1.807) is 17.0 Å².